The minimum Gasteiger partial charge on any atom is -0.423 e. The first kappa shape index (κ1) is 21.8. The molecular formula is C23H34F2O2. The highest BCUT2D eigenvalue weighted by Gasteiger charge is 2.28. The van der Waals surface area contributed by atoms with Gasteiger partial charge in [0.1, 0.15) is 0 Å². The van der Waals surface area contributed by atoms with Crippen LogP contribution in [0.3, 0.4) is 0 Å². The lowest BCUT2D eigenvalue weighted by molar-refractivity contribution is -0.140. The van der Waals surface area contributed by atoms with Crippen LogP contribution in [0.5, 0.6) is 5.75 Å². The fourth-order valence-corrected chi connectivity index (χ4v) is 3.97. The molecule has 1 fully saturated rings. The smallest absolute Gasteiger partial charge is 0.314 e. The zero-order valence-corrected chi connectivity index (χ0v) is 16.9. The maximum absolute atomic E-state index is 14.3. The van der Waals surface area contributed by atoms with E-state index in [0.29, 0.717) is 17.9 Å². The number of ether oxygens (including phenoxy) is 1. The molecule has 0 amide bonds. The maximum Gasteiger partial charge on any atom is 0.314 e. The van der Waals surface area contributed by atoms with E-state index >= 15 is 0 Å². The van der Waals surface area contributed by atoms with E-state index in [1.54, 1.807) is 6.07 Å². The molecule has 1 aromatic carbocycles. The lowest BCUT2D eigenvalue weighted by atomic mass is 9.80. The zero-order chi connectivity index (χ0) is 19.6. The Bertz CT molecular complexity index is 592. The molecule has 0 radical (unpaired) electrons. The monoisotopic (exact) mass is 380 g/mol. The van der Waals surface area contributed by atoms with Crippen LogP contribution < -0.4 is 4.74 Å². The number of hydrogen-bond acceptors (Lipinski definition) is 2. The highest BCUT2D eigenvalue weighted by Crippen LogP contribution is 2.33. The van der Waals surface area contributed by atoms with Crippen molar-refractivity contribution in [3.63, 3.8) is 0 Å². The molecule has 0 heterocycles. The molecular weight excluding hydrogens is 346 g/mol. The molecule has 0 spiro atoms. The summed E-state index contributed by atoms with van der Waals surface area (Å²) < 4.78 is 33.7. The SMILES string of the molecule is CCCCCc1ccc(OC(=O)[C@H]2CC[C@H](CCCCC)CC2)c(F)c1F. The second-order valence-corrected chi connectivity index (χ2v) is 7.94. The Morgan fingerprint density at radius 3 is 2.30 bits per heavy atom. The summed E-state index contributed by atoms with van der Waals surface area (Å²) in [6, 6.07) is 2.94. The summed E-state index contributed by atoms with van der Waals surface area (Å²) in [6.45, 7) is 4.27. The van der Waals surface area contributed by atoms with Gasteiger partial charge >= 0.3 is 5.97 Å². The second kappa shape index (κ2) is 11.4. The highest BCUT2D eigenvalue weighted by atomic mass is 19.2. The number of aryl methyl sites for hydroxylation is 1. The van der Waals surface area contributed by atoms with Crippen molar-refractivity contribution in [1.29, 1.82) is 0 Å². The molecule has 0 atom stereocenters. The minimum atomic E-state index is -1.04. The minimum absolute atomic E-state index is 0.195. The van der Waals surface area contributed by atoms with Crippen LogP contribution in [0.2, 0.25) is 0 Å². The molecule has 0 aliphatic heterocycles. The Morgan fingerprint density at radius 1 is 0.963 bits per heavy atom. The van der Waals surface area contributed by atoms with Crippen molar-refractivity contribution in [3.05, 3.63) is 29.3 Å². The maximum atomic E-state index is 14.3. The third kappa shape index (κ3) is 6.58. The summed E-state index contributed by atoms with van der Waals surface area (Å²) in [6.07, 6.45) is 11.9. The Hall–Kier alpha value is -1.45. The summed E-state index contributed by atoms with van der Waals surface area (Å²) in [5, 5.41) is 0. The van der Waals surface area contributed by atoms with E-state index in [1.807, 2.05) is 0 Å². The van der Waals surface area contributed by atoms with Gasteiger partial charge in [0, 0.05) is 0 Å². The molecule has 27 heavy (non-hydrogen) atoms. The Balaban J connectivity index is 1.86. The quantitative estimate of drug-likeness (QED) is 0.248. The van der Waals surface area contributed by atoms with Gasteiger partial charge in [-0.15, -0.1) is 0 Å². The van der Waals surface area contributed by atoms with Crippen LogP contribution in [0.1, 0.15) is 90.0 Å². The highest BCUT2D eigenvalue weighted by molar-refractivity contribution is 5.75. The van der Waals surface area contributed by atoms with Crippen LogP contribution in [0.15, 0.2) is 12.1 Å². The van der Waals surface area contributed by atoms with E-state index in [-0.39, 0.29) is 11.7 Å². The molecule has 152 valence electrons. The number of hydrogen-bond donors (Lipinski definition) is 0. The predicted molar refractivity (Wildman–Crippen MR) is 105 cm³/mol. The van der Waals surface area contributed by atoms with E-state index in [9.17, 15) is 13.6 Å². The number of benzene rings is 1. The summed E-state index contributed by atoms with van der Waals surface area (Å²) in [5.41, 5.74) is 0.355. The molecule has 1 aliphatic carbocycles. The first-order chi connectivity index (χ1) is 13.1. The summed E-state index contributed by atoms with van der Waals surface area (Å²) in [4.78, 5) is 12.4. The van der Waals surface area contributed by atoms with E-state index in [0.717, 1.165) is 44.9 Å². The number of rotatable bonds is 10. The van der Waals surface area contributed by atoms with E-state index in [4.69, 9.17) is 4.74 Å². The van der Waals surface area contributed by atoms with E-state index < -0.39 is 17.6 Å². The molecule has 4 heteroatoms. The van der Waals surface area contributed by atoms with Crippen molar-refractivity contribution in [1.82, 2.24) is 0 Å². The number of carbonyl (C=O) groups is 1. The van der Waals surface area contributed by atoms with Crippen LogP contribution in [0, 0.1) is 23.5 Å². The van der Waals surface area contributed by atoms with Crippen LogP contribution >= 0.6 is 0 Å². The average molecular weight is 381 g/mol. The van der Waals surface area contributed by atoms with Crippen molar-refractivity contribution in [2.75, 3.05) is 0 Å². The molecule has 0 unspecified atom stereocenters. The molecule has 2 rings (SSSR count). The molecule has 0 bridgehead atoms. The Kier molecular flexibility index (Phi) is 9.23. The van der Waals surface area contributed by atoms with Crippen molar-refractivity contribution in [3.8, 4) is 5.75 Å². The van der Waals surface area contributed by atoms with Crippen LogP contribution in [-0.2, 0) is 11.2 Å². The predicted octanol–water partition coefficient (Wildman–Crippen LogP) is 6.99. The first-order valence-electron chi connectivity index (χ1n) is 10.7. The van der Waals surface area contributed by atoms with Crippen LogP contribution in [-0.4, -0.2) is 5.97 Å². The molecule has 1 saturated carbocycles. The van der Waals surface area contributed by atoms with Crippen LogP contribution in [0.4, 0.5) is 8.78 Å². The van der Waals surface area contributed by atoms with Gasteiger partial charge in [-0.25, -0.2) is 4.39 Å². The Morgan fingerprint density at radius 2 is 1.63 bits per heavy atom. The van der Waals surface area contributed by atoms with Crippen molar-refractivity contribution in [2.24, 2.45) is 11.8 Å². The molecule has 0 N–H and O–H groups in total. The summed E-state index contributed by atoms with van der Waals surface area (Å²) in [5.74, 6) is -2.11. The molecule has 1 aliphatic rings. The third-order valence-electron chi connectivity index (χ3n) is 5.78. The van der Waals surface area contributed by atoms with Crippen molar-refractivity contribution < 1.29 is 18.3 Å². The number of halogens is 2. The molecule has 0 aromatic heterocycles. The van der Waals surface area contributed by atoms with Gasteiger partial charge in [-0.1, -0.05) is 58.4 Å². The summed E-state index contributed by atoms with van der Waals surface area (Å²) >= 11 is 0. The molecule has 2 nitrogen and oxygen atoms in total. The van der Waals surface area contributed by atoms with E-state index in [1.165, 1.54) is 31.7 Å². The van der Waals surface area contributed by atoms with Crippen molar-refractivity contribution >= 4 is 5.97 Å². The number of esters is 1. The Labute approximate surface area is 162 Å². The number of unbranched alkanes of at least 4 members (excludes halogenated alkanes) is 4. The van der Waals surface area contributed by atoms with Crippen LogP contribution in [0.25, 0.3) is 0 Å². The lowest BCUT2D eigenvalue weighted by Gasteiger charge is -2.27. The van der Waals surface area contributed by atoms with Gasteiger partial charge in [0.25, 0.3) is 0 Å². The van der Waals surface area contributed by atoms with Gasteiger partial charge < -0.3 is 4.74 Å². The fourth-order valence-electron chi connectivity index (χ4n) is 3.97. The normalized spacial score (nSPS) is 19.9. The first-order valence-corrected chi connectivity index (χ1v) is 10.7. The van der Waals surface area contributed by atoms with Gasteiger partial charge in [0.15, 0.2) is 11.6 Å². The van der Waals surface area contributed by atoms with E-state index in [2.05, 4.69) is 13.8 Å². The standard InChI is InChI=1S/C23H34F2O2/c1-3-5-7-9-17-11-13-19(14-12-17)23(26)27-20-16-15-18(10-8-6-4-2)21(24)22(20)25/h15-17,19H,3-14H2,1-2H3/t17-,19-. The topological polar surface area (TPSA) is 26.3 Å². The van der Waals surface area contributed by atoms with Gasteiger partial charge in [-0.05, 0) is 56.1 Å². The van der Waals surface area contributed by atoms with Gasteiger partial charge in [0.05, 0.1) is 5.92 Å². The zero-order valence-electron chi connectivity index (χ0n) is 16.9. The van der Waals surface area contributed by atoms with Gasteiger partial charge in [0.2, 0.25) is 5.82 Å². The summed E-state index contributed by atoms with van der Waals surface area (Å²) in [7, 11) is 0. The van der Waals surface area contributed by atoms with Crippen molar-refractivity contribution in [2.45, 2.75) is 90.9 Å². The molecule has 0 saturated heterocycles. The average Bonchev–Trinajstić information content (AvgIpc) is 2.68. The molecule has 1 aromatic rings. The number of carbonyl (C=O) groups excluding carboxylic acids is 1. The second-order valence-electron chi connectivity index (χ2n) is 7.94. The van der Waals surface area contributed by atoms with Gasteiger partial charge in [-0.2, -0.15) is 4.39 Å². The fraction of sp³-hybridized carbons (Fsp3) is 0.696. The lowest BCUT2D eigenvalue weighted by Crippen LogP contribution is -2.26. The largest absolute Gasteiger partial charge is 0.423 e. The third-order valence-corrected chi connectivity index (χ3v) is 5.78. The van der Waals surface area contributed by atoms with Gasteiger partial charge in [-0.3, -0.25) is 4.79 Å².